The number of rotatable bonds is 4. The molecule has 3 unspecified atom stereocenters. The highest BCUT2D eigenvalue weighted by molar-refractivity contribution is 7.17. The Kier molecular flexibility index (Phi) is 5.05. The van der Waals surface area contributed by atoms with Gasteiger partial charge in [-0.05, 0) is 44.7 Å². The van der Waals surface area contributed by atoms with Gasteiger partial charge in [0.15, 0.2) is 0 Å². The van der Waals surface area contributed by atoms with Crippen LogP contribution in [0.4, 0.5) is 5.00 Å². The van der Waals surface area contributed by atoms with Crippen LogP contribution in [-0.2, 0) is 4.79 Å². The van der Waals surface area contributed by atoms with Crippen molar-refractivity contribution in [1.29, 1.82) is 0 Å². The Labute approximate surface area is 149 Å². The molecule has 2 aliphatic rings. The lowest BCUT2D eigenvalue weighted by atomic mass is 10.1. The number of nitrogens with zero attached hydrogens (tertiary/aromatic N) is 3. The Bertz CT molecular complexity index is 691. The van der Waals surface area contributed by atoms with Gasteiger partial charge in [0.1, 0.15) is 6.04 Å². The smallest absolute Gasteiger partial charge is 0.324 e. The molecular formula is C16H22N4O4S. The zero-order valence-electron chi connectivity index (χ0n) is 14.1. The van der Waals surface area contributed by atoms with Crippen LogP contribution in [-0.4, -0.2) is 58.3 Å². The number of hydrogen-bond donors (Lipinski definition) is 1. The van der Waals surface area contributed by atoms with Crippen molar-refractivity contribution in [2.75, 3.05) is 19.6 Å². The van der Waals surface area contributed by atoms with E-state index in [4.69, 9.17) is 5.73 Å². The Hall–Kier alpha value is -2.00. The van der Waals surface area contributed by atoms with E-state index in [1.807, 2.05) is 11.8 Å². The number of thiophene rings is 1. The summed E-state index contributed by atoms with van der Waals surface area (Å²) in [6.45, 7) is 3.71. The van der Waals surface area contributed by atoms with Gasteiger partial charge in [0.2, 0.25) is 5.91 Å². The van der Waals surface area contributed by atoms with E-state index in [1.165, 1.54) is 12.1 Å². The van der Waals surface area contributed by atoms with Gasteiger partial charge < -0.3 is 15.5 Å². The molecule has 0 bridgehead atoms. The van der Waals surface area contributed by atoms with E-state index >= 15 is 0 Å². The van der Waals surface area contributed by atoms with Gasteiger partial charge in [-0.2, -0.15) is 0 Å². The highest BCUT2D eigenvalue weighted by Crippen LogP contribution is 2.30. The average Bonchev–Trinajstić information content (AvgIpc) is 3.32. The van der Waals surface area contributed by atoms with Gasteiger partial charge in [-0.1, -0.05) is 11.3 Å². The van der Waals surface area contributed by atoms with E-state index in [0.717, 1.165) is 24.2 Å². The molecule has 136 valence electrons. The maximum absolute atomic E-state index is 13.0. The minimum absolute atomic E-state index is 0.0274. The first kappa shape index (κ1) is 17.8. The SMILES string of the molecule is CC1CC(CN)CN1C(=O)C1CCCN1C(=O)c1ccc([N+](=O)[O-])s1. The molecule has 2 N–H and O–H groups in total. The van der Waals surface area contributed by atoms with Crippen LogP contribution in [0.2, 0.25) is 0 Å². The highest BCUT2D eigenvalue weighted by Gasteiger charge is 2.41. The third-order valence-corrected chi connectivity index (χ3v) is 6.08. The summed E-state index contributed by atoms with van der Waals surface area (Å²) in [5.41, 5.74) is 5.73. The van der Waals surface area contributed by atoms with Gasteiger partial charge in [-0.3, -0.25) is 19.7 Å². The first-order chi connectivity index (χ1) is 11.9. The maximum Gasteiger partial charge on any atom is 0.324 e. The van der Waals surface area contributed by atoms with Gasteiger partial charge in [0.25, 0.3) is 5.91 Å². The molecule has 2 aliphatic heterocycles. The van der Waals surface area contributed by atoms with E-state index in [2.05, 4.69) is 0 Å². The zero-order valence-corrected chi connectivity index (χ0v) is 14.9. The van der Waals surface area contributed by atoms with E-state index < -0.39 is 11.0 Å². The van der Waals surface area contributed by atoms with Crippen LogP contribution < -0.4 is 5.73 Å². The number of hydrogen-bond acceptors (Lipinski definition) is 6. The van der Waals surface area contributed by atoms with E-state index in [-0.39, 0.29) is 22.9 Å². The Morgan fingerprint density at radius 2 is 2.16 bits per heavy atom. The van der Waals surface area contributed by atoms with Crippen LogP contribution in [0.5, 0.6) is 0 Å². The van der Waals surface area contributed by atoms with Crippen LogP contribution in [0.25, 0.3) is 0 Å². The molecule has 3 atom stereocenters. The number of carbonyl (C=O) groups is 2. The Morgan fingerprint density at radius 3 is 2.76 bits per heavy atom. The molecule has 0 saturated carbocycles. The molecule has 3 heterocycles. The van der Waals surface area contributed by atoms with Crippen molar-refractivity contribution in [3.8, 4) is 0 Å². The molecule has 2 amide bonds. The number of likely N-dealkylation sites (tertiary alicyclic amines) is 2. The molecule has 8 nitrogen and oxygen atoms in total. The predicted octanol–water partition coefficient (Wildman–Crippen LogP) is 1.46. The summed E-state index contributed by atoms with van der Waals surface area (Å²) in [5, 5.41) is 10.8. The van der Waals surface area contributed by atoms with Crippen LogP contribution in [0.15, 0.2) is 12.1 Å². The Morgan fingerprint density at radius 1 is 1.40 bits per heavy atom. The standard InChI is InChI=1S/C16H22N4O4S/c1-10-7-11(8-17)9-19(10)15(21)12-3-2-6-18(12)16(22)13-4-5-14(25-13)20(23)24/h4-5,10-12H,2-3,6-9,17H2,1H3. The molecular weight excluding hydrogens is 344 g/mol. The summed E-state index contributed by atoms with van der Waals surface area (Å²) in [6, 6.07) is 2.45. The molecule has 3 rings (SSSR count). The van der Waals surface area contributed by atoms with Gasteiger partial charge in [-0.25, -0.2) is 0 Å². The summed E-state index contributed by atoms with van der Waals surface area (Å²) in [4.78, 5) is 39.7. The van der Waals surface area contributed by atoms with Crippen molar-refractivity contribution >= 4 is 28.2 Å². The quantitative estimate of drug-likeness (QED) is 0.641. The first-order valence-electron chi connectivity index (χ1n) is 8.48. The normalized spacial score (nSPS) is 26.2. The van der Waals surface area contributed by atoms with Gasteiger partial charge in [0, 0.05) is 25.2 Å². The molecule has 0 spiro atoms. The number of nitro groups is 1. The number of nitrogens with two attached hydrogens (primary N) is 1. The second-order valence-corrected chi connectivity index (χ2v) is 7.79. The van der Waals surface area contributed by atoms with Crippen molar-refractivity contribution in [3.63, 3.8) is 0 Å². The lowest BCUT2D eigenvalue weighted by Gasteiger charge is -2.30. The van der Waals surface area contributed by atoms with Crippen molar-refractivity contribution in [2.24, 2.45) is 11.7 Å². The summed E-state index contributed by atoms with van der Waals surface area (Å²) in [6.07, 6.45) is 2.28. The van der Waals surface area contributed by atoms with Crippen molar-refractivity contribution in [1.82, 2.24) is 9.80 Å². The van der Waals surface area contributed by atoms with Crippen LogP contribution in [0, 0.1) is 16.0 Å². The second-order valence-electron chi connectivity index (χ2n) is 6.73. The molecule has 0 aliphatic carbocycles. The highest BCUT2D eigenvalue weighted by atomic mass is 32.1. The maximum atomic E-state index is 13.0. The van der Waals surface area contributed by atoms with Gasteiger partial charge >= 0.3 is 5.00 Å². The van der Waals surface area contributed by atoms with Crippen LogP contribution >= 0.6 is 11.3 Å². The molecule has 25 heavy (non-hydrogen) atoms. The summed E-state index contributed by atoms with van der Waals surface area (Å²) >= 11 is 0.855. The minimum atomic E-state index is -0.507. The predicted molar refractivity (Wildman–Crippen MR) is 93.4 cm³/mol. The summed E-state index contributed by atoms with van der Waals surface area (Å²) in [5.74, 6) is -0.0130. The van der Waals surface area contributed by atoms with E-state index in [0.29, 0.717) is 36.9 Å². The third-order valence-electron chi connectivity index (χ3n) is 5.06. The fourth-order valence-electron chi connectivity index (χ4n) is 3.76. The number of carbonyl (C=O) groups excluding carboxylic acids is 2. The summed E-state index contributed by atoms with van der Waals surface area (Å²) < 4.78 is 0. The first-order valence-corrected chi connectivity index (χ1v) is 9.29. The van der Waals surface area contributed by atoms with Gasteiger partial charge in [0.05, 0.1) is 9.80 Å². The zero-order chi connectivity index (χ0) is 18.1. The topological polar surface area (TPSA) is 110 Å². The largest absolute Gasteiger partial charge is 0.338 e. The van der Waals surface area contributed by atoms with Crippen molar-refractivity contribution < 1.29 is 14.5 Å². The van der Waals surface area contributed by atoms with Crippen molar-refractivity contribution in [2.45, 2.75) is 38.3 Å². The lowest BCUT2D eigenvalue weighted by molar-refractivity contribution is -0.380. The fraction of sp³-hybridized carbons (Fsp3) is 0.625. The molecule has 2 saturated heterocycles. The number of amides is 2. The molecule has 1 aromatic rings. The third kappa shape index (κ3) is 3.38. The van der Waals surface area contributed by atoms with Gasteiger partial charge in [-0.15, -0.1) is 0 Å². The van der Waals surface area contributed by atoms with E-state index in [1.54, 1.807) is 4.90 Å². The summed E-state index contributed by atoms with van der Waals surface area (Å²) in [7, 11) is 0. The van der Waals surface area contributed by atoms with Crippen LogP contribution in [0.3, 0.4) is 0 Å². The van der Waals surface area contributed by atoms with Crippen molar-refractivity contribution in [3.05, 3.63) is 27.1 Å². The monoisotopic (exact) mass is 366 g/mol. The van der Waals surface area contributed by atoms with E-state index in [9.17, 15) is 19.7 Å². The average molecular weight is 366 g/mol. The van der Waals surface area contributed by atoms with Crippen LogP contribution in [0.1, 0.15) is 35.9 Å². The molecule has 2 fully saturated rings. The lowest BCUT2D eigenvalue weighted by Crippen LogP contribution is -2.48. The fourth-order valence-corrected chi connectivity index (χ4v) is 4.54. The molecule has 0 aromatic carbocycles. The Balaban J connectivity index is 1.74. The second kappa shape index (κ2) is 7.09. The minimum Gasteiger partial charge on any atom is -0.338 e. The molecule has 0 radical (unpaired) electrons. The molecule has 1 aromatic heterocycles. The molecule has 9 heteroatoms.